The van der Waals surface area contributed by atoms with Gasteiger partial charge in [0, 0.05) is 53.8 Å². The SMILES string of the molecule is CC(=O)OC[C@@H](OC(C)=O)[C@@H](OC(C)=O)[C@H](OC(C)=O)[C@@H](OC(C)=O)C1OC(Cn2ccc(=O)[nH]c2=O)=NN1C(C)=O. The molecule has 1 aliphatic heterocycles. The Balaban J connectivity index is 2.63. The van der Waals surface area contributed by atoms with Crippen molar-refractivity contribution in [1.29, 1.82) is 0 Å². The van der Waals surface area contributed by atoms with Gasteiger partial charge < -0.3 is 28.4 Å². The number of H-pyrrole nitrogens is 1. The molecule has 0 aliphatic carbocycles. The number of hydrogen-bond acceptors (Lipinski definition) is 15. The van der Waals surface area contributed by atoms with Crippen LogP contribution < -0.4 is 11.2 Å². The zero-order valence-electron chi connectivity index (χ0n) is 23.5. The molecular formula is C24H30N4O14. The van der Waals surface area contributed by atoms with Gasteiger partial charge in [0.1, 0.15) is 13.2 Å². The molecule has 2 rings (SSSR count). The number of hydrazone groups is 1. The van der Waals surface area contributed by atoms with Crippen molar-refractivity contribution in [1.82, 2.24) is 14.6 Å². The summed E-state index contributed by atoms with van der Waals surface area (Å²) in [5.74, 6) is -5.67. The predicted octanol–water partition coefficient (Wildman–Crippen LogP) is -1.66. The lowest BCUT2D eigenvalue weighted by atomic mass is 10.00. The summed E-state index contributed by atoms with van der Waals surface area (Å²) in [6.07, 6.45) is -7.61. The zero-order chi connectivity index (χ0) is 31.7. The normalized spacial score (nSPS) is 17.0. The first-order chi connectivity index (χ1) is 19.6. The lowest BCUT2D eigenvalue weighted by Gasteiger charge is -2.37. The van der Waals surface area contributed by atoms with Crippen LogP contribution in [0.5, 0.6) is 0 Å². The number of aromatic amines is 1. The van der Waals surface area contributed by atoms with Crippen molar-refractivity contribution in [3.8, 4) is 0 Å². The highest BCUT2D eigenvalue weighted by Gasteiger charge is 2.51. The third kappa shape index (κ3) is 9.56. The van der Waals surface area contributed by atoms with Crippen LogP contribution in [0.1, 0.15) is 41.5 Å². The van der Waals surface area contributed by atoms with Gasteiger partial charge in [-0.05, 0) is 0 Å². The van der Waals surface area contributed by atoms with E-state index in [2.05, 4.69) is 5.10 Å². The maximum absolute atomic E-state index is 12.6. The van der Waals surface area contributed by atoms with Gasteiger partial charge in [-0.15, -0.1) is 5.10 Å². The molecule has 0 spiro atoms. The van der Waals surface area contributed by atoms with Crippen LogP contribution in [0.4, 0.5) is 0 Å². The van der Waals surface area contributed by atoms with Crippen molar-refractivity contribution in [3.63, 3.8) is 0 Å². The highest BCUT2D eigenvalue weighted by atomic mass is 16.6. The number of ether oxygens (including phenoxy) is 6. The fourth-order valence-electron chi connectivity index (χ4n) is 3.78. The van der Waals surface area contributed by atoms with E-state index in [0.717, 1.165) is 58.4 Å². The van der Waals surface area contributed by atoms with Gasteiger partial charge in [-0.3, -0.25) is 43.1 Å². The van der Waals surface area contributed by atoms with E-state index in [-0.39, 0.29) is 5.90 Å². The van der Waals surface area contributed by atoms with Gasteiger partial charge in [-0.25, -0.2) is 4.79 Å². The lowest BCUT2D eigenvalue weighted by Crippen LogP contribution is -2.59. The first-order valence-electron chi connectivity index (χ1n) is 12.2. The molecule has 1 amide bonds. The Labute approximate surface area is 237 Å². The number of nitrogens with zero attached hydrogens (tertiary/aromatic N) is 3. The second kappa shape index (κ2) is 14.6. The van der Waals surface area contributed by atoms with Gasteiger partial charge in [0.15, 0.2) is 24.4 Å². The van der Waals surface area contributed by atoms with Gasteiger partial charge in [0.05, 0.1) is 0 Å². The fraction of sp³-hybridized carbons (Fsp3) is 0.542. The molecule has 1 N–H and O–H groups in total. The first-order valence-corrected chi connectivity index (χ1v) is 12.2. The van der Waals surface area contributed by atoms with E-state index in [1.54, 1.807) is 0 Å². The van der Waals surface area contributed by atoms with Crippen LogP contribution in [0.25, 0.3) is 0 Å². The van der Waals surface area contributed by atoms with Crippen LogP contribution in [0.3, 0.4) is 0 Å². The van der Waals surface area contributed by atoms with Crippen molar-refractivity contribution in [2.45, 2.75) is 78.7 Å². The smallest absolute Gasteiger partial charge is 0.328 e. The largest absolute Gasteiger partial charge is 0.462 e. The Bertz CT molecular complexity index is 1370. The van der Waals surface area contributed by atoms with Crippen molar-refractivity contribution >= 4 is 41.7 Å². The molecule has 18 nitrogen and oxygen atoms in total. The second-order valence-electron chi connectivity index (χ2n) is 8.78. The molecule has 1 aromatic heterocycles. The minimum Gasteiger partial charge on any atom is -0.462 e. The number of nitrogens with one attached hydrogen (secondary N) is 1. The number of hydrogen-bond donors (Lipinski definition) is 1. The molecule has 42 heavy (non-hydrogen) atoms. The van der Waals surface area contributed by atoms with Gasteiger partial charge >= 0.3 is 35.5 Å². The molecule has 1 unspecified atom stereocenters. The van der Waals surface area contributed by atoms with E-state index in [1.807, 2.05) is 4.98 Å². The van der Waals surface area contributed by atoms with Crippen molar-refractivity contribution in [2.75, 3.05) is 6.61 Å². The highest BCUT2D eigenvalue weighted by Crippen LogP contribution is 2.28. The third-order valence-electron chi connectivity index (χ3n) is 5.21. The number of aromatic nitrogens is 2. The van der Waals surface area contributed by atoms with Crippen LogP contribution in [0.15, 0.2) is 27.0 Å². The second-order valence-corrected chi connectivity index (χ2v) is 8.78. The van der Waals surface area contributed by atoms with E-state index >= 15 is 0 Å². The van der Waals surface area contributed by atoms with Gasteiger partial charge in [0.25, 0.3) is 5.56 Å². The molecular weight excluding hydrogens is 568 g/mol. The first kappa shape index (κ1) is 33.2. The summed E-state index contributed by atoms with van der Waals surface area (Å²) in [6, 6.07) is 1.05. The summed E-state index contributed by atoms with van der Waals surface area (Å²) in [5, 5.41) is 4.74. The number of carbonyl (C=O) groups excluding carboxylic acids is 6. The van der Waals surface area contributed by atoms with Crippen LogP contribution in [-0.2, 0) is 63.7 Å². The summed E-state index contributed by atoms with van der Waals surface area (Å²) in [6.45, 7) is 4.98. The fourth-order valence-corrected chi connectivity index (χ4v) is 3.78. The summed E-state index contributed by atoms with van der Waals surface area (Å²) in [4.78, 5) is 98.2. The molecule has 230 valence electrons. The Morgan fingerprint density at radius 2 is 1.43 bits per heavy atom. The van der Waals surface area contributed by atoms with E-state index in [0.29, 0.717) is 5.01 Å². The molecule has 0 bridgehead atoms. The maximum Gasteiger partial charge on any atom is 0.328 e. The van der Waals surface area contributed by atoms with Crippen molar-refractivity contribution < 1.29 is 57.2 Å². The highest BCUT2D eigenvalue weighted by molar-refractivity contribution is 5.82. The quantitative estimate of drug-likeness (QED) is 0.210. The van der Waals surface area contributed by atoms with Gasteiger partial charge in [-0.1, -0.05) is 0 Å². The van der Waals surface area contributed by atoms with Crippen molar-refractivity contribution in [3.05, 3.63) is 33.1 Å². The number of carbonyl (C=O) groups is 6. The topological polar surface area (TPSA) is 228 Å². The zero-order valence-corrected chi connectivity index (χ0v) is 23.5. The monoisotopic (exact) mass is 598 g/mol. The summed E-state index contributed by atoms with van der Waals surface area (Å²) in [7, 11) is 0. The molecule has 1 aliphatic rings. The number of rotatable bonds is 12. The standard InChI is InChI=1S/C24H30N4O14/c1-11(29)28-23(42-19(26-28)9-27-8-7-18(35)25-24(27)36)22(41-16(6)34)21(40-15(5)33)20(39-14(4)32)17(38-13(3)31)10-37-12(2)30/h7-8,17,20-23H,9-10H2,1-6H3,(H,25,35,36)/t17-,20-,21+,22-,23?/m1/s1. The van der Waals surface area contributed by atoms with Gasteiger partial charge in [0.2, 0.25) is 18.0 Å². The molecule has 5 atom stereocenters. The molecule has 2 heterocycles. The molecule has 0 saturated heterocycles. The molecule has 0 fully saturated rings. The predicted molar refractivity (Wildman–Crippen MR) is 135 cm³/mol. The molecule has 1 aromatic rings. The average molecular weight is 599 g/mol. The van der Waals surface area contributed by atoms with E-state index in [9.17, 15) is 38.4 Å². The van der Waals surface area contributed by atoms with E-state index < -0.39 is 90.8 Å². The summed E-state index contributed by atoms with van der Waals surface area (Å²) < 4.78 is 33.0. The molecule has 0 radical (unpaired) electrons. The average Bonchev–Trinajstić information content (AvgIpc) is 3.27. The molecule has 0 aromatic carbocycles. The number of amides is 1. The minimum absolute atomic E-state index is 0.274. The van der Waals surface area contributed by atoms with Crippen LogP contribution >= 0.6 is 0 Å². The number of esters is 5. The Morgan fingerprint density at radius 1 is 0.857 bits per heavy atom. The third-order valence-corrected chi connectivity index (χ3v) is 5.21. The Morgan fingerprint density at radius 3 is 1.93 bits per heavy atom. The van der Waals surface area contributed by atoms with E-state index in [4.69, 9.17) is 28.4 Å². The van der Waals surface area contributed by atoms with Crippen LogP contribution in [0.2, 0.25) is 0 Å². The summed E-state index contributed by atoms with van der Waals surface area (Å²) >= 11 is 0. The van der Waals surface area contributed by atoms with Crippen molar-refractivity contribution in [2.24, 2.45) is 5.10 Å². The minimum atomic E-state index is -1.85. The van der Waals surface area contributed by atoms with E-state index in [1.165, 1.54) is 0 Å². The Hall–Kier alpha value is -5.03. The lowest BCUT2D eigenvalue weighted by molar-refractivity contribution is -0.216. The van der Waals surface area contributed by atoms with Crippen LogP contribution in [0, 0.1) is 0 Å². The van der Waals surface area contributed by atoms with Crippen LogP contribution in [-0.4, -0.2) is 93.5 Å². The molecule has 18 heteroatoms. The summed E-state index contributed by atoms with van der Waals surface area (Å²) in [5.41, 5.74) is -1.49. The Kier molecular flexibility index (Phi) is 11.5. The molecule has 0 saturated carbocycles. The van der Waals surface area contributed by atoms with Gasteiger partial charge in [-0.2, -0.15) is 5.01 Å². The maximum atomic E-state index is 12.6.